The van der Waals surface area contributed by atoms with Gasteiger partial charge in [-0.3, -0.25) is 0 Å². The van der Waals surface area contributed by atoms with Gasteiger partial charge in [0.15, 0.2) is 0 Å². The van der Waals surface area contributed by atoms with Crippen LogP contribution in [-0.4, -0.2) is 24.2 Å². The van der Waals surface area contributed by atoms with Crippen molar-refractivity contribution in [1.29, 1.82) is 0 Å². The fraction of sp³-hybridized carbons (Fsp3) is 0.556. The minimum absolute atomic E-state index is 0. The van der Waals surface area contributed by atoms with Crippen LogP contribution in [0.3, 0.4) is 0 Å². The van der Waals surface area contributed by atoms with Crippen molar-refractivity contribution in [3.63, 3.8) is 0 Å². The van der Waals surface area contributed by atoms with Gasteiger partial charge in [-0.25, -0.2) is 8.42 Å². The molecule has 1 aromatic rings. The van der Waals surface area contributed by atoms with Gasteiger partial charge in [0, 0.05) is 11.3 Å². The van der Waals surface area contributed by atoms with E-state index in [4.69, 9.17) is 0 Å². The summed E-state index contributed by atoms with van der Waals surface area (Å²) in [6.07, 6.45) is 6.61. The van der Waals surface area contributed by atoms with Gasteiger partial charge in [0.25, 0.3) is 10.4 Å². The van der Waals surface area contributed by atoms with Crippen molar-refractivity contribution in [3.8, 4) is 5.75 Å². The van der Waals surface area contributed by atoms with E-state index in [0.717, 1.165) is 31.2 Å². The molecule has 2 fully saturated rings. The molecule has 0 saturated heterocycles. The summed E-state index contributed by atoms with van der Waals surface area (Å²) in [5.41, 5.74) is 3.64. The van der Waals surface area contributed by atoms with E-state index in [1.165, 1.54) is 11.1 Å². The van der Waals surface area contributed by atoms with Crippen LogP contribution >= 0.6 is 0 Å². The number of allylic oxidation sites excluding steroid dienone is 2. The molecule has 0 aliphatic heterocycles. The Morgan fingerprint density at radius 2 is 2.04 bits per heavy atom. The van der Waals surface area contributed by atoms with Crippen molar-refractivity contribution in [2.24, 2.45) is 11.3 Å². The molecule has 3 unspecified atom stereocenters. The second-order valence-corrected chi connectivity index (χ2v) is 8.49. The number of rotatable bonds is 2. The van der Waals surface area contributed by atoms with Crippen LogP contribution in [0.25, 0.3) is 0 Å². The SMILES string of the molecule is CC12CCC3C(=CCc4cc(OS(=O)(=O)[O-])ccc43)C1CC[C@@H]2O.[Na+]. The zero-order chi connectivity index (χ0) is 17.1. The van der Waals surface area contributed by atoms with Gasteiger partial charge in [-0.1, -0.05) is 24.6 Å². The van der Waals surface area contributed by atoms with Crippen LogP contribution in [0.15, 0.2) is 29.8 Å². The minimum atomic E-state index is -4.75. The molecule has 0 radical (unpaired) electrons. The summed E-state index contributed by atoms with van der Waals surface area (Å²) < 4.78 is 36.8. The van der Waals surface area contributed by atoms with Crippen molar-refractivity contribution in [1.82, 2.24) is 0 Å². The molecule has 130 valence electrons. The predicted octanol–water partition coefficient (Wildman–Crippen LogP) is -0.333. The first kappa shape index (κ1) is 19.4. The summed E-state index contributed by atoms with van der Waals surface area (Å²) in [6.45, 7) is 2.21. The van der Waals surface area contributed by atoms with Crippen LogP contribution in [0.1, 0.15) is 49.7 Å². The molecule has 0 aromatic heterocycles. The normalized spacial score (nSPS) is 33.4. The largest absolute Gasteiger partial charge is 1.00 e. The fourth-order valence-corrected chi connectivity index (χ4v) is 5.42. The van der Waals surface area contributed by atoms with Gasteiger partial charge in [-0.2, -0.15) is 0 Å². The summed E-state index contributed by atoms with van der Waals surface area (Å²) in [6, 6.07) is 5.12. The summed E-state index contributed by atoms with van der Waals surface area (Å²) >= 11 is 0. The number of hydrogen-bond donors (Lipinski definition) is 1. The van der Waals surface area contributed by atoms with E-state index in [9.17, 15) is 18.1 Å². The van der Waals surface area contributed by atoms with Gasteiger partial charge in [0.2, 0.25) is 0 Å². The Labute approximate surface area is 170 Å². The van der Waals surface area contributed by atoms with E-state index in [2.05, 4.69) is 17.2 Å². The molecule has 0 amide bonds. The van der Waals surface area contributed by atoms with Crippen LogP contribution in [0.4, 0.5) is 0 Å². The molecule has 4 rings (SSSR count). The summed E-state index contributed by atoms with van der Waals surface area (Å²) in [5.74, 6) is 0.838. The topological polar surface area (TPSA) is 86.7 Å². The van der Waals surface area contributed by atoms with Gasteiger partial charge < -0.3 is 13.8 Å². The first-order valence-electron chi connectivity index (χ1n) is 8.44. The molecule has 25 heavy (non-hydrogen) atoms. The number of benzene rings is 1. The quantitative estimate of drug-likeness (QED) is 0.332. The van der Waals surface area contributed by atoms with E-state index < -0.39 is 10.4 Å². The number of hydrogen-bond acceptors (Lipinski definition) is 5. The second-order valence-electron chi connectivity index (χ2n) is 7.50. The van der Waals surface area contributed by atoms with E-state index in [0.29, 0.717) is 18.3 Å². The van der Waals surface area contributed by atoms with E-state index in [1.807, 2.05) is 6.07 Å². The molecule has 5 nitrogen and oxygen atoms in total. The monoisotopic (exact) mass is 372 g/mol. The van der Waals surface area contributed by atoms with Crippen LogP contribution in [0.2, 0.25) is 0 Å². The molecule has 0 heterocycles. The Morgan fingerprint density at radius 1 is 1.28 bits per heavy atom. The van der Waals surface area contributed by atoms with Gasteiger partial charge in [0.05, 0.1) is 6.10 Å². The molecular weight excluding hydrogens is 351 g/mol. The molecular formula is C18H21NaO5S. The molecule has 3 aliphatic rings. The fourth-order valence-electron chi connectivity index (χ4n) is 5.09. The van der Waals surface area contributed by atoms with Gasteiger partial charge >= 0.3 is 29.6 Å². The molecule has 0 bridgehead atoms. The van der Waals surface area contributed by atoms with E-state index in [1.54, 1.807) is 12.1 Å². The van der Waals surface area contributed by atoms with Crippen molar-refractivity contribution in [3.05, 3.63) is 41.0 Å². The predicted molar refractivity (Wildman–Crippen MR) is 87.4 cm³/mol. The standard InChI is InChI=1S/C18H22O5S.Na/c1-18-9-8-14-13-5-3-12(23-24(20,21)22)10-11(13)2-4-15(14)16(18)6-7-17(18)19;/h3-5,10,14,16-17,19H,2,6-9H2,1H3,(H,20,21,22);/q;+1/p-1/t14?,16?,17-,18?;/m0./s1. The summed E-state index contributed by atoms with van der Waals surface area (Å²) in [7, 11) is -4.75. The third-order valence-corrected chi connectivity index (χ3v) is 6.70. The maximum absolute atomic E-state index is 10.8. The van der Waals surface area contributed by atoms with E-state index in [-0.39, 0.29) is 46.8 Å². The van der Waals surface area contributed by atoms with Crippen molar-refractivity contribution < 1.29 is 51.8 Å². The molecule has 2 saturated carbocycles. The van der Waals surface area contributed by atoms with Crippen molar-refractivity contribution in [2.45, 2.75) is 51.0 Å². The Balaban J connectivity index is 0.00000182. The van der Waals surface area contributed by atoms with Crippen molar-refractivity contribution >= 4 is 10.4 Å². The summed E-state index contributed by atoms with van der Waals surface area (Å²) in [4.78, 5) is 0. The Morgan fingerprint density at radius 3 is 2.76 bits per heavy atom. The number of aliphatic hydroxyl groups excluding tert-OH is 1. The zero-order valence-corrected chi connectivity index (χ0v) is 17.4. The summed E-state index contributed by atoms with van der Waals surface area (Å²) in [5, 5.41) is 10.4. The molecule has 7 heteroatoms. The maximum atomic E-state index is 10.8. The average Bonchev–Trinajstić information content (AvgIpc) is 2.81. The van der Waals surface area contributed by atoms with Crippen LogP contribution in [-0.2, 0) is 16.8 Å². The van der Waals surface area contributed by atoms with Crippen molar-refractivity contribution in [2.75, 3.05) is 0 Å². The number of fused-ring (bicyclic) bond motifs is 5. The molecule has 1 aromatic carbocycles. The van der Waals surface area contributed by atoms with Gasteiger partial charge in [0.1, 0.15) is 5.75 Å². The van der Waals surface area contributed by atoms with Gasteiger partial charge in [-0.15, -0.1) is 0 Å². The zero-order valence-electron chi connectivity index (χ0n) is 14.6. The Bertz CT molecular complexity index is 819. The number of aliphatic hydroxyl groups is 1. The van der Waals surface area contributed by atoms with Crippen LogP contribution in [0, 0.1) is 11.3 Å². The average molecular weight is 372 g/mol. The third-order valence-electron chi connectivity index (χ3n) is 6.31. The van der Waals surface area contributed by atoms with E-state index >= 15 is 0 Å². The Kier molecular flexibility index (Phi) is 5.17. The molecule has 4 atom stereocenters. The molecule has 0 spiro atoms. The van der Waals surface area contributed by atoms with Crippen LogP contribution < -0.4 is 33.7 Å². The first-order chi connectivity index (χ1) is 11.3. The molecule has 1 N–H and O–H groups in total. The second kappa shape index (κ2) is 6.66. The maximum Gasteiger partial charge on any atom is 1.00 e. The third kappa shape index (κ3) is 3.33. The first-order valence-corrected chi connectivity index (χ1v) is 9.77. The minimum Gasteiger partial charge on any atom is -0.716 e. The van der Waals surface area contributed by atoms with Crippen LogP contribution in [0.5, 0.6) is 5.75 Å². The molecule has 3 aliphatic carbocycles. The smallest absolute Gasteiger partial charge is 0.716 e. The van der Waals surface area contributed by atoms with Gasteiger partial charge in [-0.05, 0) is 61.3 Å². The Hall–Kier alpha value is -0.370.